The lowest BCUT2D eigenvalue weighted by atomic mass is 9.79. The predicted octanol–water partition coefficient (Wildman–Crippen LogP) is 3.08. The van der Waals surface area contributed by atoms with Crippen LogP contribution in [0.4, 0.5) is 11.4 Å². The lowest BCUT2D eigenvalue weighted by molar-refractivity contribution is 0.141. The van der Waals surface area contributed by atoms with E-state index >= 15 is 0 Å². The average Bonchev–Trinajstić information content (AvgIpc) is 2.38. The molecule has 3 nitrogen and oxygen atoms in total. The maximum absolute atomic E-state index is 9.40. The number of hydrogen-bond acceptors (Lipinski definition) is 3. The summed E-state index contributed by atoms with van der Waals surface area (Å²) in [7, 11) is 0. The van der Waals surface area contributed by atoms with Gasteiger partial charge in [-0.2, -0.15) is 0 Å². The number of anilines is 2. The fraction of sp³-hybridized carbons (Fsp3) is 0.571. The molecule has 0 amide bonds. The van der Waals surface area contributed by atoms with Crippen LogP contribution in [-0.4, -0.2) is 18.3 Å². The van der Waals surface area contributed by atoms with Crippen LogP contribution in [0.3, 0.4) is 0 Å². The molecule has 2 rings (SSSR count). The summed E-state index contributed by atoms with van der Waals surface area (Å²) in [4.78, 5) is 0. The maximum atomic E-state index is 9.40. The molecule has 4 N–H and O–H groups in total. The van der Waals surface area contributed by atoms with Crippen LogP contribution >= 0.6 is 22.6 Å². The molecule has 2 atom stereocenters. The van der Waals surface area contributed by atoms with Crippen molar-refractivity contribution in [2.75, 3.05) is 24.2 Å². The number of benzene rings is 1. The Morgan fingerprint density at radius 2 is 2.00 bits per heavy atom. The number of nitrogens with one attached hydrogen (secondary N) is 1. The third kappa shape index (κ3) is 3.51. The molecule has 1 aliphatic rings. The number of aliphatic hydroxyl groups is 1. The zero-order valence-electron chi connectivity index (χ0n) is 10.5. The SMILES string of the molecule is Nc1ccc(NCC2CCCCC2CO)c(I)c1. The third-order valence-corrected chi connectivity index (χ3v) is 4.74. The van der Waals surface area contributed by atoms with Crippen molar-refractivity contribution in [3.63, 3.8) is 0 Å². The molecule has 1 aliphatic carbocycles. The van der Waals surface area contributed by atoms with Crippen LogP contribution in [0.25, 0.3) is 0 Å². The number of aliphatic hydroxyl groups excluding tert-OH is 1. The Labute approximate surface area is 122 Å². The quantitative estimate of drug-likeness (QED) is 0.571. The van der Waals surface area contributed by atoms with Crippen molar-refractivity contribution in [3.8, 4) is 0 Å². The number of rotatable bonds is 4. The number of halogens is 1. The molecule has 2 unspecified atom stereocenters. The molecule has 0 saturated heterocycles. The van der Waals surface area contributed by atoms with E-state index in [-0.39, 0.29) is 0 Å². The first-order valence-corrected chi connectivity index (χ1v) is 7.68. The van der Waals surface area contributed by atoms with E-state index in [2.05, 4.69) is 27.9 Å². The maximum Gasteiger partial charge on any atom is 0.0477 e. The average molecular weight is 360 g/mol. The molecule has 0 spiro atoms. The van der Waals surface area contributed by atoms with E-state index in [4.69, 9.17) is 5.73 Å². The summed E-state index contributed by atoms with van der Waals surface area (Å²) in [6.07, 6.45) is 4.95. The molecule has 4 heteroatoms. The van der Waals surface area contributed by atoms with Crippen LogP contribution in [0.2, 0.25) is 0 Å². The van der Waals surface area contributed by atoms with Gasteiger partial charge in [-0.05, 0) is 65.5 Å². The van der Waals surface area contributed by atoms with Gasteiger partial charge in [0.2, 0.25) is 0 Å². The topological polar surface area (TPSA) is 58.3 Å². The van der Waals surface area contributed by atoms with Gasteiger partial charge in [0.15, 0.2) is 0 Å². The fourth-order valence-electron chi connectivity index (χ4n) is 2.71. The van der Waals surface area contributed by atoms with Gasteiger partial charge in [-0.3, -0.25) is 0 Å². The summed E-state index contributed by atoms with van der Waals surface area (Å²) < 4.78 is 1.16. The van der Waals surface area contributed by atoms with E-state index in [0.717, 1.165) is 21.5 Å². The molecule has 0 heterocycles. The van der Waals surface area contributed by atoms with Crippen molar-refractivity contribution >= 4 is 34.0 Å². The summed E-state index contributed by atoms with van der Waals surface area (Å²) in [5.41, 5.74) is 7.69. The van der Waals surface area contributed by atoms with Crippen LogP contribution in [-0.2, 0) is 0 Å². The van der Waals surface area contributed by atoms with Gasteiger partial charge < -0.3 is 16.2 Å². The normalized spacial score (nSPS) is 23.9. The molecule has 1 fully saturated rings. The van der Waals surface area contributed by atoms with Crippen LogP contribution in [0.5, 0.6) is 0 Å². The Morgan fingerprint density at radius 1 is 1.28 bits per heavy atom. The van der Waals surface area contributed by atoms with E-state index in [0.29, 0.717) is 18.4 Å². The Kier molecular flexibility index (Phi) is 5.12. The van der Waals surface area contributed by atoms with Crippen molar-refractivity contribution in [1.82, 2.24) is 0 Å². The summed E-state index contributed by atoms with van der Waals surface area (Å²) in [6, 6.07) is 5.94. The van der Waals surface area contributed by atoms with Gasteiger partial charge in [0.1, 0.15) is 0 Å². The molecule has 100 valence electrons. The van der Waals surface area contributed by atoms with E-state index in [1.807, 2.05) is 18.2 Å². The number of nitrogens with two attached hydrogens (primary N) is 1. The van der Waals surface area contributed by atoms with Gasteiger partial charge in [-0.15, -0.1) is 0 Å². The van der Waals surface area contributed by atoms with Crippen LogP contribution in [0.1, 0.15) is 25.7 Å². The molecule has 0 radical (unpaired) electrons. The van der Waals surface area contributed by atoms with Gasteiger partial charge in [-0.25, -0.2) is 0 Å². The van der Waals surface area contributed by atoms with Gasteiger partial charge >= 0.3 is 0 Å². The highest BCUT2D eigenvalue weighted by atomic mass is 127. The zero-order valence-corrected chi connectivity index (χ0v) is 12.7. The summed E-state index contributed by atoms with van der Waals surface area (Å²) >= 11 is 2.30. The highest BCUT2D eigenvalue weighted by Crippen LogP contribution is 2.30. The largest absolute Gasteiger partial charge is 0.399 e. The van der Waals surface area contributed by atoms with Crippen molar-refractivity contribution in [2.45, 2.75) is 25.7 Å². The van der Waals surface area contributed by atoms with Gasteiger partial charge in [0.25, 0.3) is 0 Å². The van der Waals surface area contributed by atoms with Gasteiger partial charge in [-0.1, -0.05) is 12.8 Å². The molecule has 0 aliphatic heterocycles. The van der Waals surface area contributed by atoms with E-state index < -0.39 is 0 Å². The van der Waals surface area contributed by atoms with Crippen LogP contribution < -0.4 is 11.1 Å². The first kappa shape index (κ1) is 13.9. The second-order valence-electron chi connectivity index (χ2n) is 5.11. The minimum atomic E-state index is 0.325. The highest BCUT2D eigenvalue weighted by molar-refractivity contribution is 14.1. The summed E-state index contributed by atoms with van der Waals surface area (Å²) in [5.74, 6) is 1.06. The third-order valence-electron chi connectivity index (χ3n) is 3.85. The Bertz CT molecular complexity index is 397. The molecular formula is C14H21IN2O. The Hall–Kier alpha value is -0.490. The Morgan fingerprint density at radius 3 is 2.67 bits per heavy atom. The first-order valence-electron chi connectivity index (χ1n) is 6.60. The Balaban J connectivity index is 1.93. The monoisotopic (exact) mass is 360 g/mol. The van der Waals surface area contributed by atoms with Crippen molar-refractivity contribution < 1.29 is 5.11 Å². The minimum Gasteiger partial charge on any atom is -0.399 e. The van der Waals surface area contributed by atoms with Crippen molar-refractivity contribution in [3.05, 3.63) is 21.8 Å². The standard InChI is InChI=1S/C14H21IN2O/c15-13-7-12(16)5-6-14(13)17-8-10-3-1-2-4-11(10)9-18/h5-7,10-11,17-18H,1-4,8-9,16H2. The molecular weight excluding hydrogens is 339 g/mol. The smallest absolute Gasteiger partial charge is 0.0477 e. The molecule has 1 aromatic carbocycles. The van der Waals surface area contributed by atoms with E-state index in [1.54, 1.807) is 0 Å². The lowest BCUT2D eigenvalue weighted by Gasteiger charge is -2.30. The highest BCUT2D eigenvalue weighted by Gasteiger charge is 2.24. The fourth-order valence-corrected chi connectivity index (χ4v) is 3.44. The summed E-state index contributed by atoms with van der Waals surface area (Å²) in [5, 5.41) is 12.9. The van der Waals surface area contributed by atoms with Crippen LogP contribution in [0, 0.1) is 15.4 Å². The molecule has 18 heavy (non-hydrogen) atoms. The molecule has 1 saturated carbocycles. The predicted molar refractivity (Wildman–Crippen MR) is 84.6 cm³/mol. The summed E-state index contributed by atoms with van der Waals surface area (Å²) in [6.45, 7) is 1.27. The van der Waals surface area contributed by atoms with Crippen molar-refractivity contribution in [1.29, 1.82) is 0 Å². The lowest BCUT2D eigenvalue weighted by Crippen LogP contribution is -2.28. The van der Waals surface area contributed by atoms with Crippen LogP contribution in [0.15, 0.2) is 18.2 Å². The number of hydrogen-bond donors (Lipinski definition) is 3. The van der Waals surface area contributed by atoms with E-state index in [9.17, 15) is 5.11 Å². The molecule has 0 bridgehead atoms. The first-order chi connectivity index (χ1) is 8.70. The van der Waals surface area contributed by atoms with E-state index in [1.165, 1.54) is 25.7 Å². The van der Waals surface area contributed by atoms with Gasteiger partial charge in [0, 0.05) is 28.1 Å². The zero-order chi connectivity index (χ0) is 13.0. The number of nitrogen functional groups attached to an aromatic ring is 1. The molecule has 0 aromatic heterocycles. The van der Waals surface area contributed by atoms with Gasteiger partial charge in [0.05, 0.1) is 0 Å². The second kappa shape index (κ2) is 6.61. The minimum absolute atomic E-state index is 0.325. The second-order valence-corrected chi connectivity index (χ2v) is 6.27. The molecule has 1 aromatic rings. The van der Waals surface area contributed by atoms with Crippen molar-refractivity contribution in [2.24, 2.45) is 11.8 Å².